The maximum Gasteiger partial charge on any atom is 0.160 e. The van der Waals surface area contributed by atoms with E-state index in [2.05, 4.69) is 191 Å². The standard InChI is InChI=1S/C58H36N4O/c1-4-17-37(18-5-1)49-36-50(38-19-6-2-7-20-38)60-58(59-49)40-22-14-21-39(35-40)42-27-15-28-47-48-29-16-32-53(57(48)63-56(42)47)62-52-31-13-11-26-44(52)46-34-33-45-43-25-10-12-30-51(43)61(54(45)55(46)62)41-23-8-3-9-24-41/h1-36H. The van der Waals surface area contributed by atoms with Crippen LogP contribution in [0.15, 0.2) is 223 Å². The van der Waals surface area contributed by atoms with E-state index in [1.165, 1.54) is 27.1 Å². The Hall–Kier alpha value is -8.54. The average molecular weight is 805 g/mol. The van der Waals surface area contributed by atoms with E-state index in [1.807, 2.05) is 36.4 Å². The zero-order chi connectivity index (χ0) is 41.4. The summed E-state index contributed by atoms with van der Waals surface area (Å²) < 4.78 is 12.1. The number of fused-ring (bicyclic) bond motifs is 10. The topological polar surface area (TPSA) is 48.8 Å². The second-order valence-electron chi connectivity index (χ2n) is 16.1. The highest BCUT2D eigenvalue weighted by atomic mass is 16.3. The van der Waals surface area contributed by atoms with Crippen molar-refractivity contribution in [2.75, 3.05) is 0 Å². The van der Waals surface area contributed by atoms with Gasteiger partial charge < -0.3 is 13.6 Å². The molecule has 4 aromatic heterocycles. The van der Waals surface area contributed by atoms with Crippen molar-refractivity contribution in [2.24, 2.45) is 0 Å². The zero-order valence-electron chi connectivity index (χ0n) is 34.0. The Balaban J connectivity index is 1.03. The predicted octanol–water partition coefficient (Wildman–Crippen LogP) is 15.2. The van der Waals surface area contributed by atoms with E-state index in [-0.39, 0.29) is 0 Å². The molecule has 13 aromatic rings. The number of para-hydroxylation sites is 5. The normalized spacial score (nSPS) is 11.8. The van der Waals surface area contributed by atoms with Crippen LogP contribution in [0.5, 0.6) is 0 Å². The lowest BCUT2D eigenvalue weighted by atomic mass is 10.00. The van der Waals surface area contributed by atoms with E-state index in [0.29, 0.717) is 5.82 Å². The summed E-state index contributed by atoms with van der Waals surface area (Å²) in [6.45, 7) is 0. The number of furan rings is 1. The molecule has 5 nitrogen and oxygen atoms in total. The van der Waals surface area contributed by atoms with Gasteiger partial charge in [-0.2, -0.15) is 0 Å². The molecule has 13 rings (SSSR count). The Morgan fingerprint density at radius 1 is 0.333 bits per heavy atom. The third-order valence-corrected chi connectivity index (χ3v) is 12.5. The Morgan fingerprint density at radius 3 is 1.49 bits per heavy atom. The predicted molar refractivity (Wildman–Crippen MR) is 260 cm³/mol. The SMILES string of the molecule is c1ccc(-c2cc(-c3ccccc3)nc(-c3cccc(-c4cccc5c4oc4c(-n6c7ccccc7c7ccc8c9ccccc9n(-c9ccccc9)c8c76)cccc45)c3)n2)cc1. The van der Waals surface area contributed by atoms with Crippen LogP contribution in [-0.2, 0) is 0 Å². The van der Waals surface area contributed by atoms with Crippen LogP contribution in [0.3, 0.4) is 0 Å². The van der Waals surface area contributed by atoms with Crippen molar-refractivity contribution in [1.82, 2.24) is 19.1 Å². The maximum atomic E-state index is 7.22. The van der Waals surface area contributed by atoms with Crippen LogP contribution < -0.4 is 0 Å². The molecule has 294 valence electrons. The van der Waals surface area contributed by atoms with Crippen LogP contribution in [0.4, 0.5) is 0 Å². The minimum absolute atomic E-state index is 0.668. The van der Waals surface area contributed by atoms with Crippen molar-refractivity contribution >= 4 is 65.6 Å². The van der Waals surface area contributed by atoms with Gasteiger partial charge in [0.15, 0.2) is 11.4 Å². The minimum Gasteiger partial charge on any atom is -0.453 e. The van der Waals surface area contributed by atoms with E-state index in [0.717, 1.165) is 89.1 Å². The summed E-state index contributed by atoms with van der Waals surface area (Å²) in [5.74, 6) is 0.668. The summed E-state index contributed by atoms with van der Waals surface area (Å²) in [4.78, 5) is 10.3. The van der Waals surface area contributed by atoms with E-state index >= 15 is 0 Å². The fourth-order valence-corrected chi connectivity index (χ4v) is 9.72. The highest BCUT2D eigenvalue weighted by molar-refractivity contribution is 6.24. The lowest BCUT2D eigenvalue weighted by Gasteiger charge is -2.12. The van der Waals surface area contributed by atoms with E-state index < -0.39 is 0 Å². The van der Waals surface area contributed by atoms with Crippen LogP contribution in [-0.4, -0.2) is 19.1 Å². The van der Waals surface area contributed by atoms with Gasteiger partial charge in [-0.05, 0) is 48.0 Å². The molecule has 0 aliphatic rings. The van der Waals surface area contributed by atoms with Crippen LogP contribution in [0.1, 0.15) is 0 Å². The maximum absolute atomic E-state index is 7.22. The highest BCUT2D eigenvalue weighted by Crippen LogP contribution is 2.45. The molecule has 0 aliphatic carbocycles. The molecule has 0 radical (unpaired) electrons. The first-order valence-electron chi connectivity index (χ1n) is 21.3. The van der Waals surface area contributed by atoms with Gasteiger partial charge in [0.25, 0.3) is 0 Å². The molecule has 0 saturated carbocycles. The molecule has 5 heteroatoms. The van der Waals surface area contributed by atoms with Gasteiger partial charge in [-0.3, -0.25) is 0 Å². The molecule has 9 aromatic carbocycles. The first-order chi connectivity index (χ1) is 31.3. The molecule has 0 fully saturated rings. The summed E-state index contributed by atoms with van der Waals surface area (Å²) >= 11 is 0. The summed E-state index contributed by atoms with van der Waals surface area (Å²) in [5, 5.41) is 6.94. The number of aromatic nitrogens is 4. The second-order valence-corrected chi connectivity index (χ2v) is 16.1. The fraction of sp³-hybridized carbons (Fsp3) is 0. The van der Waals surface area contributed by atoms with E-state index in [1.54, 1.807) is 0 Å². The van der Waals surface area contributed by atoms with Crippen LogP contribution >= 0.6 is 0 Å². The summed E-state index contributed by atoms with van der Waals surface area (Å²) in [5.41, 5.74) is 15.2. The lowest BCUT2D eigenvalue weighted by Crippen LogP contribution is -1.98. The molecular weight excluding hydrogens is 769 g/mol. The van der Waals surface area contributed by atoms with Gasteiger partial charge in [0.1, 0.15) is 5.58 Å². The largest absolute Gasteiger partial charge is 0.453 e. The van der Waals surface area contributed by atoms with Crippen molar-refractivity contribution in [3.63, 3.8) is 0 Å². The molecule has 0 aliphatic heterocycles. The van der Waals surface area contributed by atoms with E-state index in [4.69, 9.17) is 14.4 Å². The molecular formula is C58H36N4O. The number of nitrogens with zero attached hydrogens (tertiary/aromatic N) is 4. The minimum atomic E-state index is 0.668. The molecule has 63 heavy (non-hydrogen) atoms. The molecule has 0 N–H and O–H groups in total. The summed E-state index contributed by atoms with van der Waals surface area (Å²) in [7, 11) is 0. The van der Waals surface area contributed by atoms with Crippen LogP contribution in [0.25, 0.3) is 122 Å². The van der Waals surface area contributed by atoms with Gasteiger partial charge in [-0.15, -0.1) is 0 Å². The molecule has 0 bridgehead atoms. The van der Waals surface area contributed by atoms with Crippen molar-refractivity contribution in [1.29, 1.82) is 0 Å². The van der Waals surface area contributed by atoms with Gasteiger partial charge in [-0.25, -0.2) is 9.97 Å². The van der Waals surface area contributed by atoms with Crippen molar-refractivity contribution in [2.45, 2.75) is 0 Å². The Bertz CT molecular complexity index is 3840. The van der Waals surface area contributed by atoms with Gasteiger partial charge in [0.2, 0.25) is 0 Å². The number of hydrogen-bond donors (Lipinski definition) is 0. The van der Waals surface area contributed by atoms with Gasteiger partial charge >= 0.3 is 0 Å². The number of hydrogen-bond acceptors (Lipinski definition) is 3. The first kappa shape index (κ1) is 35.2. The molecule has 0 spiro atoms. The van der Waals surface area contributed by atoms with Crippen LogP contribution in [0, 0.1) is 0 Å². The monoisotopic (exact) mass is 804 g/mol. The molecule has 0 atom stereocenters. The highest BCUT2D eigenvalue weighted by Gasteiger charge is 2.24. The molecule has 4 heterocycles. The third kappa shape index (κ3) is 5.50. The summed E-state index contributed by atoms with van der Waals surface area (Å²) in [6, 6.07) is 77.0. The van der Waals surface area contributed by atoms with Gasteiger partial charge in [0.05, 0.1) is 39.1 Å². The molecule has 0 amide bonds. The van der Waals surface area contributed by atoms with E-state index in [9.17, 15) is 0 Å². The van der Waals surface area contributed by atoms with Crippen molar-refractivity contribution in [3.8, 4) is 56.4 Å². The van der Waals surface area contributed by atoms with Gasteiger partial charge in [-0.1, -0.05) is 176 Å². The second kappa shape index (κ2) is 14.0. The Labute approximate surface area is 362 Å². The van der Waals surface area contributed by atoms with Gasteiger partial charge in [0, 0.05) is 60.3 Å². The quantitative estimate of drug-likeness (QED) is 0.168. The van der Waals surface area contributed by atoms with Crippen molar-refractivity contribution < 1.29 is 4.42 Å². The Morgan fingerprint density at radius 2 is 0.825 bits per heavy atom. The van der Waals surface area contributed by atoms with Crippen LogP contribution in [0.2, 0.25) is 0 Å². The fourth-order valence-electron chi connectivity index (χ4n) is 9.72. The average Bonchev–Trinajstić information content (AvgIpc) is 4.03. The molecule has 0 unspecified atom stereocenters. The zero-order valence-corrected chi connectivity index (χ0v) is 34.0. The molecule has 0 saturated heterocycles. The summed E-state index contributed by atoms with van der Waals surface area (Å²) in [6.07, 6.45) is 0. The Kier molecular flexibility index (Phi) is 7.84. The smallest absolute Gasteiger partial charge is 0.160 e. The number of benzene rings is 9. The van der Waals surface area contributed by atoms with Crippen molar-refractivity contribution in [3.05, 3.63) is 218 Å². The number of rotatable bonds is 6. The lowest BCUT2D eigenvalue weighted by molar-refractivity contribution is 0.667. The third-order valence-electron chi connectivity index (χ3n) is 12.5. The first-order valence-corrected chi connectivity index (χ1v) is 21.3.